The van der Waals surface area contributed by atoms with Crippen molar-refractivity contribution in [3.05, 3.63) is 103 Å². The van der Waals surface area contributed by atoms with Gasteiger partial charge in [-0.05, 0) is 45.7 Å². The maximum atomic E-state index is 5.41. The molecular weight excluding hydrogens is 378 g/mol. The Morgan fingerprint density at radius 2 is 1.13 bits per heavy atom. The maximum Gasteiger partial charge on any atom is 0.118 e. The van der Waals surface area contributed by atoms with Gasteiger partial charge in [-0.2, -0.15) is 0 Å². The summed E-state index contributed by atoms with van der Waals surface area (Å²) in [5, 5.41) is 5.01. The Labute approximate surface area is 180 Å². The third-order valence-corrected chi connectivity index (χ3v) is 6.11. The molecule has 2 nitrogen and oxygen atoms in total. The van der Waals surface area contributed by atoms with Gasteiger partial charge in [0.2, 0.25) is 0 Å². The van der Waals surface area contributed by atoms with Gasteiger partial charge in [0.1, 0.15) is 5.75 Å². The molecule has 1 aromatic heterocycles. The van der Waals surface area contributed by atoms with E-state index in [2.05, 4.69) is 96.0 Å². The molecule has 31 heavy (non-hydrogen) atoms. The van der Waals surface area contributed by atoms with Crippen LogP contribution in [0.1, 0.15) is 0 Å². The Hall–Kier alpha value is -4.04. The second kappa shape index (κ2) is 7.03. The lowest BCUT2D eigenvalue weighted by Crippen LogP contribution is -1.90. The molecule has 0 saturated heterocycles. The standard InChI is InChI=1S/C29H21NO/c1-31-21-17-15-20(16-18-21)26-22-11-5-6-12-23(22)27(19-9-3-2-4-10-19)29-28(26)24-13-7-8-14-25(24)30-29/h2-18,30H,1H3. The zero-order valence-corrected chi connectivity index (χ0v) is 17.2. The van der Waals surface area contributed by atoms with Gasteiger partial charge in [0, 0.05) is 21.9 Å². The summed E-state index contributed by atoms with van der Waals surface area (Å²) in [6, 6.07) is 36.4. The third-order valence-electron chi connectivity index (χ3n) is 6.11. The number of hydrogen-bond acceptors (Lipinski definition) is 1. The largest absolute Gasteiger partial charge is 0.497 e. The second-order valence-electron chi connectivity index (χ2n) is 7.81. The van der Waals surface area contributed by atoms with Crippen LogP contribution in [0.15, 0.2) is 103 Å². The molecule has 0 fully saturated rings. The number of nitrogens with one attached hydrogen (secondary N) is 1. The van der Waals surface area contributed by atoms with Gasteiger partial charge < -0.3 is 9.72 Å². The van der Waals surface area contributed by atoms with Gasteiger partial charge in [0.05, 0.1) is 12.6 Å². The average molecular weight is 399 g/mol. The summed E-state index contributed by atoms with van der Waals surface area (Å²) in [7, 11) is 1.71. The van der Waals surface area contributed by atoms with E-state index in [0.29, 0.717) is 0 Å². The molecule has 148 valence electrons. The lowest BCUT2D eigenvalue weighted by Gasteiger charge is -2.16. The molecule has 2 heteroatoms. The number of fused-ring (bicyclic) bond motifs is 4. The zero-order chi connectivity index (χ0) is 20.8. The lowest BCUT2D eigenvalue weighted by molar-refractivity contribution is 0.415. The van der Waals surface area contributed by atoms with Crippen molar-refractivity contribution in [2.24, 2.45) is 0 Å². The van der Waals surface area contributed by atoms with Gasteiger partial charge in [-0.25, -0.2) is 0 Å². The van der Waals surface area contributed by atoms with Crippen LogP contribution < -0.4 is 4.74 Å². The summed E-state index contributed by atoms with van der Waals surface area (Å²) in [6.45, 7) is 0. The molecule has 0 unspecified atom stereocenters. The van der Waals surface area contributed by atoms with Crippen LogP contribution in [0.5, 0.6) is 5.75 Å². The number of methoxy groups -OCH3 is 1. The van der Waals surface area contributed by atoms with Crippen LogP contribution in [0.25, 0.3) is 54.8 Å². The Kier molecular flexibility index (Phi) is 4.03. The van der Waals surface area contributed by atoms with Crippen molar-refractivity contribution in [2.75, 3.05) is 7.11 Å². The highest BCUT2D eigenvalue weighted by atomic mass is 16.5. The molecule has 0 aliphatic carbocycles. The third kappa shape index (κ3) is 2.72. The summed E-state index contributed by atoms with van der Waals surface area (Å²) in [5.74, 6) is 0.865. The summed E-state index contributed by atoms with van der Waals surface area (Å²) in [4.78, 5) is 3.75. The minimum Gasteiger partial charge on any atom is -0.497 e. The van der Waals surface area contributed by atoms with E-state index < -0.39 is 0 Å². The van der Waals surface area contributed by atoms with Gasteiger partial charge in [0.15, 0.2) is 0 Å². The normalized spacial score (nSPS) is 11.4. The van der Waals surface area contributed by atoms with Crippen LogP contribution in [0.3, 0.4) is 0 Å². The molecule has 5 aromatic carbocycles. The molecule has 0 aliphatic heterocycles. The number of H-pyrrole nitrogens is 1. The first kappa shape index (κ1) is 17.8. The fourth-order valence-electron chi connectivity index (χ4n) is 4.74. The van der Waals surface area contributed by atoms with E-state index in [1.807, 2.05) is 12.1 Å². The number of aromatic nitrogens is 1. The van der Waals surface area contributed by atoms with Crippen molar-refractivity contribution in [3.63, 3.8) is 0 Å². The van der Waals surface area contributed by atoms with Crippen LogP contribution >= 0.6 is 0 Å². The second-order valence-corrected chi connectivity index (χ2v) is 7.81. The summed E-state index contributed by atoms with van der Waals surface area (Å²) in [5.41, 5.74) is 7.24. The predicted octanol–water partition coefficient (Wildman–Crippen LogP) is 7.82. The molecule has 6 rings (SSSR count). The number of benzene rings is 5. The highest BCUT2D eigenvalue weighted by molar-refractivity contribution is 6.27. The minimum absolute atomic E-state index is 0.865. The van der Waals surface area contributed by atoms with E-state index in [-0.39, 0.29) is 0 Å². The molecule has 0 amide bonds. The molecular formula is C29H21NO. The van der Waals surface area contributed by atoms with E-state index in [0.717, 1.165) is 11.3 Å². The van der Waals surface area contributed by atoms with E-state index in [1.54, 1.807) is 7.11 Å². The molecule has 0 bridgehead atoms. The van der Waals surface area contributed by atoms with E-state index in [4.69, 9.17) is 4.74 Å². The van der Waals surface area contributed by atoms with Crippen LogP contribution in [-0.4, -0.2) is 12.1 Å². The van der Waals surface area contributed by atoms with Crippen LogP contribution in [0.4, 0.5) is 0 Å². The van der Waals surface area contributed by atoms with Crippen molar-refractivity contribution in [1.82, 2.24) is 4.98 Å². The molecule has 6 aromatic rings. The highest BCUT2D eigenvalue weighted by Gasteiger charge is 2.20. The summed E-state index contributed by atoms with van der Waals surface area (Å²) in [6.07, 6.45) is 0. The first-order valence-electron chi connectivity index (χ1n) is 10.5. The maximum absolute atomic E-state index is 5.41. The van der Waals surface area contributed by atoms with Crippen molar-refractivity contribution in [3.8, 4) is 28.0 Å². The molecule has 0 spiro atoms. The number of ether oxygens (including phenoxy) is 1. The van der Waals surface area contributed by atoms with E-state index >= 15 is 0 Å². The molecule has 0 atom stereocenters. The van der Waals surface area contributed by atoms with E-state index in [1.165, 1.54) is 49.3 Å². The zero-order valence-electron chi connectivity index (χ0n) is 17.2. The molecule has 0 aliphatic rings. The number of aromatic amines is 1. The summed E-state index contributed by atoms with van der Waals surface area (Å²) < 4.78 is 5.41. The van der Waals surface area contributed by atoms with Crippen LogP contribution in [0, 0.1) is 0 Å². The monoisotopic (exact) mass is 399 g/mol. The van der Waals surface area contributed by atoms with Gasteiger partial charge in [-0.1, -0.05) is 84.9 Å². The van der Waals surface area contributed by atoms with Crippen molar-refractivity contribution < 1.29 is 4.74 Å². The van der Waals surface area contributed by atoms with Crippen LogP contribution in [0.2, 0.25) is 0 Å². The minimum atomic E-state index is 0.865. The fraction of sp³-hybridized carbons (Fsp3) is 0.0345. The Bertz CT molecular complexity index is 1540. The van der Waals surface area contributed by atoms with Gasteiger partial charge in [-0.15, -0.1) is 0 Å². The lowest BCUT2D eigenvalue weighted by atomic mass is 9.88. The number of para-hydroxylation sites is 1. The quantitative estimate of drug-likeness (QED) is 0.322. The van der Waals surface area contributed by atoms with Crippen molar-refractivity contribution in [1.29, 1.82) is 0 Å². The Balaban J connectivity index is 1.85. The van der Waals surface area contributed by atoms with Crippen LogP contribution in [-0.2, 0) is 0 Å². The molecule has 1 heterocycles. The number of rotatable bonds is 3. The van der Waals surface area contributed by atoms with Gasteiger partial charge >= 0.3 is 0 Å². The molecule has 1 N–H and O–H groups in total. The topological polar surface area (TPSA) is 25.0 Å². The van der Waals surface area contributed by atoms with Crippen molar-refractivity contribution in [2.45, 2.75) is 0 Å². The van der Waals surface area contributed by atoms with Crippen molar-refractivity contribution >= 4 is 32.6 Å². The average Bonchev–Trinajstić information content (AvgIpc) is 3.22. The van der Waals surface area contributed by atoms with Gasteiger partial charge in [0.25, 0.3) is 0 Å². The Morgan fingerprint density at radius 3 is 1.84 bits per heavy atom. The molecule has 0 saturated carbocycles. The first-order chi connectivity index (χ1) is 15.3. The van der Waals surface area contributed by atoms with E-state index in [9.17, 15) is 0 Å². The fourth-order valence-corrected chi connectivity index (χ4v) is 4.74. The predicted molar refractivity (Wildman–Crippen MR) is 131 cm³/mol. The Morgan fingerprint density at radius 1 is 0.548 bits per heavy atom. The highest BCUT2D eigenvalue weighted by Crippen LogP contribution is 2.46. The SMILES string of the molecule is COc1ccc(-c2c3ccccc3c(-c3ccccc3)c3[nH]c4ccccc4c23)cc1. The number of hydrogen-bond donors (Lipinski definition) is 1. The first-order valence-corrected chi connectivity index (χ1v) is 10.5. The smallest absolute Gasteiger partial charge is 0.118 e. The summed E-state index contributed by atoms with van der Waals surface area (Å²) >= 11 is 0. The molecule has 0 radical (unpaired) electrons. The van der Waals surface area contributed by atoms with Gasteiger partial charge in [-0.3, -0.25) is 0 Å².